The fourth-order valence-corrected chi connectivity index (χ4v) is 1.38. The van der Waals surface area contributed by atoms with Crippen LogP contribution in [0.5, 0.6) is 0 Å². The van der Waals surface area contributed by atoms with Crippen LogP contribution in [-0.2, 0) is 23.9 Å². The van der Waals surface area contributed by atoms with Gasteiger partial charge in [0.05, 0.1) is 19.6 Å². The van der Waals surface area contributed by atoms with Crippen molar-refractivity contribution in [1.82, 2.24) is 0 Å². The highest BCUT2D eigenvalue weighted by atomic mass is 16.5. The van der Waals surface area contributed by atoms with E-state index in [2.05, 4.69) is 0 Å². The minimum absolute atomic E-state index is 0.192. The van der Waals surface area contributed by atoms with Crippen molar-refractivity contribution in [2.45, 2.75) is 40.0 Å². The molecule has 0 heterocycles. The Morgan fingerprint density at radius 3 is 2.06 bits per heavy atom. The average Bonchev–Trinajstić information content (AvgIpc) is 2.26. The lowest BCUT2D eigenvalue weighted by Gasteiger charge is -2.13. The zero-order valence-electron chi connectivity index (χ0n) is 10.7. The molecule has 0 aromatic heterocycles. The standard InChI is InChI=1S/C12H20O5/c1-4-7-10(13)9(12(15)17-6-3)8-11(14)16-5-2/h9H,4-8H2,1-3H3. The number of ketones is 1. The van der Waals surface area contributed by atoms with Crippen LogP contribution in [0.15, 0.2) is 0 Å². The molecule has 5 heteroatoms. The van der Waals surface area contributed by atoms with E-state index in [1.807, 2.05) is 6.92 Å². The largest absolute Gasteiger partial charge is 0.466 e. The summed E-state index contributed by atoms with van der Waals surface area (Å²) in [7, 11) is 0. The summed E-state index contributed by atoms with van der Waals surface area (Å²) in [6.07, 6.45) is 0.673. The Labute approximate surface area is 101 Å². The van der Waals surface area contributed by atoms with Crippen molar-refractivity contribution in [3.63, 3.8) is 0 Å². The molecule has 0 rings (SSSR count). The number of esters is 2. The highest BCUT2D eigenvalue weighted by Gasteiger charge is 2.30. The van der Waals surface area contributed by atoms with Crippen molar-refractivity contribution < 1.29 is 23.9 Å². The second-order valence-corrected chi connectivity index (χ2v) is 3.53. The van der Waals surface area contributed by atoms with Gasteiger partial charge in [-0.05, 0) is 20.3 Å². The molecule has 5 nitrogen and oxygen atoms in total. The molecule has 0 radical (unpaired) electrons. The van der Waals surface area contributed by atoms with Gasteiger partial charge in [0.25, 0.3) is 0 Å². The molecule has 17 heavy (non-hydrogen) atoms. The zero-order chi connectivity index (χ0) is 13.3. The van der Waals surface area contributed by atoms with Crippen LogP contribution in [0.3, 0.4) is 0 Å². The first kappa shape index (κ1) is 15.6. The first-order valence-corrected chi connectivity index (χ1v) is 5.91. The molecular weight excluding hydrogens is 224 g/mol. The topological polar surface area (TPSA) is 69.7 Å². The van der Waals surface area contributed by atoms with Gasteiger partial charge in [-0.15, -0.1) is 0 Å². The van der Waals surface area contributed by atoms with E-state index in [-0.39, 0.29) is 31.8 Å². The molecule has 0 aliphatic heterocycles. The van der Waals surface area contributed by atoms with Gasteiger partial charge in [0.2, 0.25) is 0 Å². The van der Waals surface area contributed by atoms with Gasteiger partial charge in [-0.3, -0.25) is 14.4 Å². The molecule has 0 N–H and O–H groups in total. The van der Waals surface area contributed by atoms with Crippen molar-refractivity contribution >= 4 is 17.7 Å². The SMILES string of the molecule is CCCC(=O)C(CC(=O)OCC)C(=O)OCC. The Balaban J connectivity index is 4.55. The first-order chi connectivity index (χ1) is 8.06. The average molecular weight is 244 g/mol. The molecule has 0 aliphatic rings. The number of ether oxygens (including phenoxy) is 2. The van der Waals surface area contributed by atoms with Crippen LogP contribution >= 0.6 is 0 Å². The molecule has 0 aromatic carbocycles. The maximum absolute atomic E-state index is 11.7. The van der Waals surface area contributed by atoms with Gasteiger partial charge in [0.15, 0.2) is 0 Å². The second kappa shape index (κ2) is 8.73. The lowest BCUT2D eigenvalue weighted by Crippen LogP contribution is -2.29. The normalized spacial score (nSPS) is 11.7. The van der Waals surface area contributed by atoms with E-state index < -0.39 is 17.9 Å². The third kappa shape index (κ3) is 6.04. The van der Waals surface area contributed by atoms with Crippen molar-refractivity contribution in [1.29, 1.82) is 0 Å². The van der Waals surface area contributed by atoms with Gasteiger partial charge in [-0.25, -0.2) is 0 Å². The van der Waals surface area contributed by atoms with Gasteiger partial charge in [-0.2, -0.15) is 0 Å². The number of carbonyl (C=O) groups is 3. The number of hydrogen-bond donors (Lipinski definition) is 0. The number of Topliss-reactive ketones (excluding diaryl/α,β-unsaturated/α-hetero) is 1. The molecular formula is C12H20O5. The maximum atomic E-state index is 11.7. The molecule has 0 saturated heterocycles. The van der Waals surface area contributed by atoms with Crippen LogP contribution in [0.25, 0.3) is 0 Å². The van der Waals surface area contributed by atoms with Crippen LogP contribution in [-0.4, -0.2) is 30.9 Å². The molecule has 0 aliphatic carbocycles. The minimum atomic E-state index is -1.02. The Kier molecular flexibility index (Phi) is 8.01. The fraction of sp³-hybridized carbons (Fsp3) is 0.750. The van der Waals surface area contributed by atoms with Gasteiger partial charge >= 0.3 is 11.9 Å². The Morgan fingerprint density at radius 2 is 1.59 bits per heavy atom. The predicted octanol–water partition coefficient (Wildman–Crippen LogP) is 1.49. The summed E-state index contributed by atoms with van der Waals surface area (Å²) < 4.78 is 9.51. The lowest BCUT2D eigenvalue weighted by atomic mass is 9.97. The molecule has 0 aromatic rings. The van der Waals surface area contributed by atoms with Gasteiger partial charge in [0, 0.05) is 6.42 Å². The van der Waals surface area contributed by atoms with Crippen LogP contribution in [0.4, 0.5) is 0 Å². The van der Waals surface area contributed by atoms with E-state index in [0.29, 0.717) is 6.42 Å². The van der Waals surface area contributed by atoms with Crippen LogP contribution in [0.2, 0.25) is 0 Å². The molecule has 98 valence electrons. The zero-order valence-corrected chi connectivity index (χ0v) is 10.7. The summed E-state index contributed by atoms with van der Waals surface area (Å²) in [5, 5.41) is 0. The molecule has 1 atom stereocenters. The van der Waals surface area contributed by atoms with Gasteiger partial charge in [0.1, 0.15) is 11.7 Å². The third-order valence-electron chi connectivity index (χ3n) is 2.13. The highest BCUT2D eigenvalue weighted by molar-refractivity contribution is 6.01. The summed E-state index contributed by atoms with van der Waals surface area (Å²) in [5.74, 6) is -2.47. The fourth-order valence-electron chi connectivity index (χ4n) is 1.38. The van der Waals surface area contributed by atoms with Crippen molar-refractivity contribution in [3.8, 4) is 0 Å². The monoisotopic (exact) mass is 244 g/mol. The molecule has 0 saturated carbocycles. The van der Waals surface area contributed by atoms with E-state index in [9.17, 15) is 14.4 Å². The molecule has 1 unspecified atom stereocenters. The molecule has 0 bridgehead atoms. The summed E-state index contributed by atoms with van der Waals surface area (Å²) in [6, 6.07) is 0. The minimum Gasteiger partial charge on any atom is -0.466 e. The maximum Gasteiger partial charge on any atom is 0.317 e. The van der Waals surface area contributed by atoms with Crippen LogP contribution in [0.1, 0.15) is 40.0 Å². The van der Waals surface area contributed by atoms with Crippen LogP contribution in [0, 0.1) is 5.92 Å². The van der Waals surface area contributed by atoms with Gasteiger partial charge in [-0.1, -0.05) is 6.92 Å². The summed E-state index contributed by atoms with van der Waals surface area (Å²) in [6.45, 7) is 5.59. The van der Waals surface area contributed by atoms with Gasteiger partial charge < -0.3 is 9.47 Å². The van der Waals surface area contributed by atoms with E-state index in [1.165, 1.54) is 0 Å². The Hall–Kier alpha value is -1.39. The first-order valence-electron chi connectivity index (χ1n) is 5.91. The highest BCUT2D eigenvalue weighted by Crippen LogP contribution is 2.12. The van der Waals surface area contributed by atoms with Crippen molar-refractivity contribution in [2.75, 3.05) is 13.2 Å². The van der Waals surface area contributed by atoms with E-state index >= 15 is 0 Å². The quantitative estimate of drug-likeness (QED) is 0.478. The van der Waals surface area contributed by atoms with E-state index in [1.54, 1.807) is 13.8 Å². The summed E-state index contributed by atoms with van der Waals surface area (Å²) >= 11 is 0. The van der Waals surface area contributed by atoms with Crippen molar-refractivity contribution in [3.05, 3.63) is 0 Å². The van der Waals surface area contributed by atoms with Crippen LogP contribution < -0.4 is 0 Å². The smallest absolute Gasteiger partial charge is 0.317 e. The Morgan fingerprint density at radius 1 is 1.00 bits per heavy atom. The number of carbonyl (C=O) groups excluding carboxylic acids is 3. The van der Waals surface area contributed by atoms with Crippen molar-refractivity contribution in [2.24, 2.45) is 5.92 Å². The van der Waals surface area contributed by atoms with E-state index in [0.717, 1.165) is 0 Å². The predicted molar refractivity (Wildman–Crippen MR) is 61.3 cm³/mol. The number of hydrogen-bond acceptors (Lipinski definition) is 5. The Bertz CT molecular complexity index is 254. The molecule has 0 amide bonds. The molecule has 0 fully saturated rings. The summed E-state index contributed by atoms with van der Waals surface area (Å²) in [5.41, 5.74) is 0. The van der Waals surface area contributed by atoms with E-state index in [4.69, 9.17) is 9.47 Å². The summed E-state index contributed by atoms with van der Waals surface area (Å²) in [4.78, 5) is 34.5. The lowest BCUT2D eigenvalue weighted by molar-refractivity contribution is -0.157. The number of rotatable bonds is 8. The molecule has 0 spiro atoms. The second-order valence-electron chi connectivity index (χ2n) is 3.53. The third-order valence-corrected chi connectivity index (χ3v) is 2.13.